The van der Waals surface area contributed by atoms with Crippen molar-refractivity contribution >= 4 is 40.9 Å². The molecule has 0 radical (unpaired) electrons. The van der Waals surface area contributed by atoms with Crippen LogP contribution in [0.4, 0.5) is 5.69 Å². The van der Waals surface area contributed by atoms with Crippen LogP contribution in [-0.2, 0) is 16.0 Å². The third-order valence-corrected chi connectivity index (χ3v) is 4.76. The minimum atomic E-state index is -0.102. The molecule has 0 saturated carbocycles. The molecule has 0 aliphatic heterocycles. The SMILES string of the molecule is CC(C)NC(=O)Cc1ccc(NC(=O)CSc2ccccc2Cl)cc1. The molecule has 0 spiro atoms. The van der Waals surface area contributed by atoms with Gasteiger partial charge in [-0.15, -0.1) is 11.8 Å². The van der Waals surface area contributed by atoms with E-state index in [2.05, 4.69) is 10.6 Å². The van der Waals surface area contributed by atoms with Crippen molar-refractivity contribution in [2.24, 2.45) is 0 Å². The van der Waals surface area contributed by atoms with Crippen LogP contribution in [-0.4, -0.2) is 23.6 Å². The lowest BCUT2D eigenvalue weighted by Gasteiger charge is -2.09. The van der Waals surface area contributed by atoms with E-state index in [9.17, 15) is 9.59 Å². The van der Waals surface area contributed by atoms with Crippen LogP contribution in [0.3, 0.4) is 0 Å². The number of amides is 2. The topological polar surface area (TPSA) is 58.2 Å². The lowest BCUT2D eigenvalue weighted by atomic mass is 10.1. The smallest absolute Gasteiger partial charge is 0.234 e. The predicted octanol–water partition coefficient (Wildman–Crippen LogP) is 4.14. The molecule has 0 saturated heterocycles. The Balaban J connectivity index is 1.83. The van der Waals surface area contributed by atoms with Crippen molar-refractivity contribution in [3.8, 4) is 0 Å². The van der Waals surface area contributed by atoms with E-state index >= 15 is 0 Å². The van der Waals surface area contributed by atoms with Crippen molar-refractivity contribution in [2.75, 3.05) is 11.1 Å². The Bertz CT molecular complexity index is 732. The fraction of sp³-hybridized carbons (Fsp3) is 0.263. The lowest BCUT2D eigenvalue weighted by molar-refractivity contribution is -0.121. The van der Waals surface area contributed by atoms with E-state index in [1.165, 1.54) is 11.8 Å². The van der Waals surface area contributed by atoms with Crippen molar-refractivity contribution in [3.63, 3.8) is 0 Å². The second-order valence-corrected chi connectivity index (χ2v) is 7.29. The van der Waals surface area contributed by atoms with Crippen LogP contribution >= 0.6 is 23.4 Å². The minimum Gasteiger partial charge on any atom is -0.354 e. The molecule has 4 nitrogen and oxygen atoms in total. The maximum absolute atomic E-state index is 12.0. The molecule has 2 amide bonds. The van der Waals surface area contributed by atoms with Gasteiger partial charge < -0.3 is 10.6 Å². The van der Waals surface area contributed by atoms with E-state index in [-0.39, 0.29) is 23.6 Å². The highest BCUT2D eigenvalue weighted by Crippen LogP contribution is 2.26. The fourth-order valence-electron chi connectivity index (χ4n) is 2.17. The van der Waals surface area contributed by atoms with Gasteiger partial charge in [0.2, 0.25) is 11.8 Å². The van der Waals surface area contributed by atoms with Crippen LogP contribution in [0.25, 0.3) is 0 Å². The van der Waals surface area contributed by atoms with Crippen molar-refractivity contribution in [1.82, 2.24) is 5.32 Å². The Labute approximate surface area is 157 Å². The number of benzene rings is 2. The number of carbonyl (C=O) groups is 2. The monoisotopic (exact) mass is 376 g/mol. The molecule has 0 fully saturated rings. The summed E-state index contributed by atoms with van der Waals surface area (Å²) in [4.78, 5) is 24.7. The molecule has 0 aromatic heterocycles. The molecule has 0 bridgehead atoms. The summed E-state index contributed by atoms with van der Waals surface area (Å²) >= 11 is 7.47. The summed E-state index contributed by atoms with van der Waals surface area (Å²) < 4.78 is 0. The summed E-state index contributed by atoms with van der Waals surface area (Å²) in [6, 6.07) is 14.9. The Morgan fingerprint density at radius 1 is 1.04 bits per heavy atom. The number of carbonyl (C=O) groups excluding carboxylic acids is 2. The first-order valence-corrected chi connectivity index (χ1v) is 9.36. The zero-order valence-electron chi connectivity index (χ0n) is 14.2. The second kappa shape index (κ2) is 9.49. The average Bonchev–Trinajstić information content (AvgIpc) is 2.55. The molecule has 25 heavy (non-hydrogen) atoms. The quantitative estimate of drug-likeness (QED) is 0.714. The first-order chi connectivity index (χ1) is 11.9. The third-order valence-electron chi connectivity index (χ3n) is 3.25. The van der Waals surface area contributed by atoms with E-state index in [0.717, 1.165) is 10.5 Å². The summed E-state index contributed by atoms with van der Waals surface area (Å²) in [5.74, 6) is 0.167. The molecule has 2 N–H and O–H groups in total. The Morgan fingerprint density at radius 3 is 2.36 bits per heavy atom. The highest BCUT2D eigenvalue weighted by molar-refractivity contribution is 8.00. The van der Waals surface area contributed by atoms with Crippen LogP contribution in [0.2, 0.25) is 5.02 Å². The molecule has 2 aromatic carbocycles. The van der Waals surface area contributed by atoms with Crippen molar-refractivity contribution in [1.29, 1.82) is 0 Å². The first kappa shape index (κ1) is 19.3. The van der Waals surface area contributed by atoms with Crippen LogP contribution in [0.1, 0.15) is 19.4 Å². The zero-order chi connectivity index (χ0) is 18.2. The van der Waals surface area contributed by atoms with E-state index in [1.807, 2.05) is 44.2 Å². The van der Waals surface area contributed by atoms with Gasteiger partial charge in [-0.2, -0.15) is 0 Å². The van der Waals surface area contributed by atoms with E-state index in [1.54, 1.807) is 18.2 Å². The summed E-state index contributed by atoms with van der Waals surface area (Å²) in [6.45, 7) is 3.86. The molecule has 2 rings (SSSR count). The van der Waals surface area contributed by atoms with Gasteiger partial charge in [0, 0.05) is 16.6 Å². The largest absolute Gasteiger partial charge is 0.354 e. The summed E-state index contributed by atoms with van der Waals surface area (Å²) in [5.41, 5.74) is 1.61. The van der Waals surface area contributed by atoms with Gasteiger partial charge in [0.25, 0.3) is 0 Å². The molecule has 0 aliphatic rings. The molecule has 0 aliphatic carbocycles. The molecule has 6 heteroatoms. The van der Waals surface area contributed by atoms with Crippen LogP contribution in [0, 0.1) is 0 Å². The summed E-state index contributed by atoms with van der Waals surface area (Å²) in [7, 11) is 0. The number of hydrogen-bond donors (Lipinski definition) is 2. The van der Waals surface area contributed by atoms with Crippen LogP contribution in [0.5, 0.6) is 0 Å². The van der Waals surface area contributed by atoms with Gasteiger partial charge in [-0.25, -0.2) is 0 Å². The van der Waals surface area contributed by atoms with E-state index in [0.29, 0.717) is 17.1 Å². The zero-order valence-corrected chi connectivity index (χ0v) is 15.8. The number of hydrogen-bond acceptors (Lipinski definition) is 3. The van der Waals surface area contributed by atoms with E-state index in [4.69, 9.17) is 11.6 Å². The normalized spacial score (nSPS) is 10.6. The first-order valence-electron chi connectivity index (χ1n) is 7.99. The van der Waals surface area contributed by atoms with E-state index < -0.39 is 0 Å². The van der Waals surface area contributed by atoms with Gasteiger partial charge in [0.1, 0.15) is 0 Å². The molecule has 132 valence electrons. The fourth-order valence-corrected chi connectivity index (χ4v) is 3.21. The Hall–Kier alpha value is -1.98. The van der Waals surface area contributed by atoms with Gasteiger partial charge in [-0.1, -0.05) is 35.9 Å². The third kappa shape index (κ3) is 6.80. The molecular weight excluding hydrogens is 356 g/mol. The highest BCUT2D eigenvalue weighted by atomic mass is 35.5. The highest BCUT2D eigenvalue weighted by Gasteiger charge is 2.07. The molecule has 0 atom stereocenters. The van der Waals surface area contributed by atoms with Crippen molar-refractivity contribution in [2.45, 2.75) is 31.2 Å². The number of anilines is 1. The number of nitrogens with one attached hydrogen (secondary N) is 2. The molecule has 0 unspecified atom stereocenters. The molecular formula is C19H21ClN2O2S. The standard InChI is InChI=1S/C19H21ClN2O2S/c1-13(2)21-18(23)11-14-7-9-15(10-8-14)22-19(24)12-25-17-6-4-3-5-16(17)20/h3-10,13H,11-12H2,1-2H3,(H,21,23)(H,22,24). The minimum absolute atomic E-state index is 0.0112. The molecule has 2 aromatic rings. The van der Waals surface area contributed by atoms with Crippen molar-refractivity contribution < 1.29 is 9.59 Å². The second-order valence-electron chi connectivity index (χ2n) is 5.86. The van der Waals surface area contributed by atoms with Gasteiger partial charge in [-0.3, -0.25) is 9.59 Å². The van der Waals surface area contributed by atoms with Gasteiger partial charge >= 0.3 is 0 Å². The number of thioether (sulfide) groups is 1. The van der Waals surface area contributed by atoms with Gasteiger partial charge in [0.05, 0.1) is 17.2 Å². The average molecular weight is 377 g/mol. The maximum Gasteiger partial charge on any atom is 0.234 e. The molecule has 0 heterocycles. The Kier molecular flexibility index (Phi) is 7.34. The summed E-state index contributed by atoms with van der Waals surface area (Å²) in [5, 5.41) is 6.34. The van der Waals surface area contributed by atoms with Gasteiger partial charge in [-0.05, 0) is 43.7 Å². The number of halogens is 1. The Morgan fingerprint density at radius 2 is 1.72 bits per heavy atom. The van der Waals surface area contributed by atoms with Gasteiger partial charge in [0.15, 0.2) is 0 Å². The van der Waals surface area contributed by atoms with Crippen molar-refractivity contribution in [3.05, 3.63) is 59.1 Å². The van der Waals surface area contributed by atoms with Crippen LogP contribution < -0.4 is 10.6 Å². The number of rotatable bonds is 7. The lowest BCUT2D eigenvalue weighted by Crippen LogP contribution is -2.31. The maximum atomic E-state index is 12.0. The predicted molar refractivity (Wildman–Crippen MR) is 104 cm³/mol. The summed E-state index contributed by atoms with van der Waals surface area (Å²) in [6.07, 6.45) is 0.328. The van der Waals surface area contributed by atoms with Crippen LogP contribution in [0.15, 0.2) is 53.4 Å².